The summed E-state index contributed by atoms with van der Waals surface area (Å²) < 4.78 is 1.03. The summed E-state index contributed by atoms with van der Waals surface area (Å²) >= 11 is 3.51. The van der Waals surface area contributed by atoms with Gasteiger partial charge in [0.05, 0.1) is 23.8 Å². The molecule has 0 N–H and O–H groups in total. The van der Waals surface area contributed by atoms with Crippen LogP contribution in [0.3, 0.4) is 0 Å². The van der Waals surface area contributed by atoms with Gasteiger partial charge in [0, 0.05) is 10.2 Å². The molecule has 0 saturated heterocycles. The summed E-state index contributed by atoms with van der Waals surface area (Å²) in [7, 11) is 0. The van der Waals surface area contributed by atoms with Crippen LogP contribution in [0.2, 0.25) is 0 Å². The molecule has 116 valence electrons. The summed E-state index contributed by atoms with van der Waals surface area (Å²) in [5.41, 5.74) is 4.00. The lowest BCUT2D eigenvalue weighted by Crippen LogP contribution is -2.36. The maximum atomic E-state index is 13.1. The normalized spacial score (nSPS) is 19.9. The average molecular weight is 369 g/mol. The molecule has 23 heavy (non-hydrogen) atoms. The highest BCUT2D eigenvalue weighted by Gasteiger charge is 2.36. The van der Waals surface area contributed by atoms with Gasteiger partial charge in [-0.25, -0.2) is 0 Å². The van der Waals surface area contributed by atoms with E-state index < -0.39 is 0 Å². The average Bonchev–Trinajstić information content (AvgIpc) is 2.97. The zero-order chi connectivity index (χ0) is 15.8. The molecule has 2 aliphatic rings. The van der Waals surface area contributed by atoms with Crippen LogP contribution in [0.25, 0.3) is 0 Å². The predicted molar refractivity (Wildman–Crippen MR) is 96.2 cm³/mol. The van der Waals surface area contributed by atoms with Crippen LogP contribution in [0.15, 0.2) is 58.0 Å². The number of carbonyl (C=O) groups is 1. The second-order valence-corrected chi connectivity index (χ2v) is 7.01. The minimum absolute atomic E-state index is 0.0467. The minimum Gasteiger partial charge on any atom is -0.305 e. The van der Waals surface area contributed by atoms with Crippen LogP contribution in [0, 0.1) is 5.92 Å². The topological polar surface area (TPSA) is 32.7 Å². The van der Waals surface area contributed by atoms with Gasteiger partial charge in [0.15, 0.2) is 0 Å². The monoisotopic (exact) mass is 368 g/mol. The molecule has 1 fully saturated rings. The lowest BCUT2D eigenvalue weighted by atomic mass is 10.0. The molecule has 1 aliphatic carbocycles. The van der Waals surface area contributed by atoms with E-state index in [4.69, 9.17) is 4.99 Å². The number of hydrogen-bond donors (Lipinski definition) is 0. The number of fused-ring (bicyclic) bond motifs is 2. The van der Waals surface area contributed by atoms with Crippen LogP contribution in [0.1, 0.15) is 24.8 Å². The van der Waals surface area contributed by atoms with Gasteiger partial charge in [0.25, 0.3) is 0 Å². The number of hydrogen-bond acceptors (Lipinski definition) is 2. The molecule has 1 amide bonds. The van der Waals surface area contributed by atoms with E-state index in [9.17, 15) is 4.79 Å². The fraction of sp³-hybridized carbons (Fsp3) is 0.263. The number of carbonyl (C=O) groups excluding carboxylic acids is 1. The summed E-state index contributed by atoms with van der Waals surface area (Å²) in [6.45, 7) is 0.578. The zero-order valence-electron chi connectivity index (χ0n) is 12.7. The molecule has 3 nitrogen and oxygen atoms in total. The number of halogens is 1. The van der Waals surface area contributed by atoms with Crippen molar-refractivity contribution in [3.63, 3.8) is 0 Å². The van der Waals surface area contributed by atoms with E-state index in [2.05, 4.69) is 28.1 Å². The first-order valence-corrected chi connectivity index (χ1v) is 8.74. The lowest BCUT2D eigenvalue weighted by Gasteiger charge is -2.25. The number of nitrogens with zero attached hydrogens (tertiary/aromatic N) is 2. The first-order valence-electron chi connectivity index (χ1n) is 7.95. The third kappa shape index (κ3) is 2.72. The predicted octanol–water partition coefficient (Wildman–Crippen LogP) is 4.87. The van der Waals surface area contributed by atoms with Crippen molar-refractivity contribution in [3.8, 4) is 0 Å². The number of amides is 1. The second-order valence-electron chi connectivity index (χ2n) is 6.09. The Balaban J connectivity index is 1.77. The number of para-hydroxylation sites is 2. The van der Waals surface area contributed by atoms with E-state index in [0.29, 0.717) is 6.54 Å². The molecule has 1 heterocycles. The Labute approximate surface area is 144 Å². The highest BCUT2D eigenvalue weighted by Crippen LogP contribution is 2.38. The van der Waals surface area contributed by atoms with Crippen molar-refractivity contribution in [2.24, 2.45) is 10.9 Å². The fourth-order valence-corrected chi connectivity index (χ4v) is 3.90. The van der Waals surface area contributed by atoms with Crippen LogP contribution in [-0.2, 0) is 11.3 Å². The van der Waals surface area contributed by atoms with Gasteiger partial charge in [0.2, 0.25) is 5.91 Å². The molecular weight excluding hydrogens is 352 g/mol. The van der Waals surface area contributed by atoms with Crippen LogP contribution >= 0.6 is 15.9 Å². The molecule has 4 rings (SSSR count). The maximum Gasteiger partial charge on any atom is 0.236 e. The molecule has 2 aromatic rings. The Hall–Kier alpha value is -1.94. The van der Waals surface area contributed by atoms with E-state index in [1.807, 2.05) is 41.3 Å². The number of rotatable bonds is 2. The molecule has 0 radical (unpaired) electrons. The summed E-state index contributed by atoms with van der Waals surface area (Å²) in [6.07, 6.45) is 2.91. The van der Waals surface area contributed by atoms with Crippen molar-refractivity contribution in [1.29, 1.82) is 0 Å². The highest BCUT2D eigenvalue weighted by atomic mass is 79.9. The molecule has 0 bridgehead atoms. The standard InChI is InChI=1S/C19H17BrN2O/c20-14-6-3-5-13(11-14)12-22-18-10-2-1-8-17(18)21-16-9-4-7-15(16)19(22)23/h1-3,5-6,8,10-11,15H,4,7,9,12H2/t15-/m0/s1. The Bertz CT molecular complexity index is 799. The number of aliphatic imine (C=N–C) groups is 1. The zero-order valence-corrected chi connectivity index (χ0v) is 14.3. The van der Waals surface area contributed by atoms with Gasteiger partial charge in [0.1, 0.15) is 0 Å². The van der Waals surface area contributed by atoms with Crippen molar-refractivity contribution < 1.29 is 4.79 Å². The van der Waals surface area contributed by atoms with Crippen molar-refractivity contribution in [3.05, 3.63) is 58.6 Å². The third-order valence-electron chi connectivity index (χ3n) is 4.56. The van der Waals surface area contributed by atoms with Gasteiger partial charge < -0.3 is 4.90 Å². The highest BCUT2D eigenvalue weighted by molar-refractivity contribution is 9.10. The summed E-state index contributed by atoms with van der Waals surface area (Å²) in [5.74, 6) is 0.140. The van der Waals surface area contributed by atoms with Crippen LogP contribution in [0.4, 0.5) is 11.4 Å². The number of benzene rings is 2. The van der Waals surface area contributed by atoms with Crippen molar-refractivity contribution in [2.75, 3.05) is 4.90 Å². The van der Waals surface area contributed by atoms with Gasteiger partial charge in [-0.05, 0) is 49.1 Å². The molecule has 4 heteroatoms. The molecule has 0 aromatic heterocycles. The Morgan fingerprint density at radius 1 is 1.17 bits per heavy atom. The van der Waals surface area contributed by atoms with E-state index in [1.165, 1.54) is 0 Å². The van der Waals surface area contributed by atoms with Crippen LogP contribution in [0.5, 0.6) is 0 Å². The van der Waals surface area contributed by atoms with Gasteiger partial charge in [-0.1, -0.05) is 40.2 Å². The van der Waals surface area contributed by atoms with E-state index in [0.717, 1.165) is 46.4 Å². The Kier molecular flexibility index (Phi) is 3.77. The second kappa shape index (κ2) is 5.93. The molecule has 0 spiro atoms. The molecule has 1 saturated carbocycles. The van der Waals surface area contributed by atoms with Gasteiger partial charge in [-0.15, -0.1) is 0 Å². The van der Waals surface area contributed by atoms with Gasteiger partial charge in [-0.3, -0.25) is 9.79 Å². The van der Waals surface area contributed by atoms with Crippen LogP contribution < -0.4 is 4.90 Å². The Morgan fingerprint density at radius 3 is 2.91 bits per heavy atom. The third-order valence-corrected chi connectivity index (χ3v) is 5.05. The van der Waals surface area contributed by atoms with Crippen molar-refractivity contribution >= 4 is 38.9 Å². The van der Waals surface area contributed by atoms with Gasteiger partial charge in [-0.2, -0.15) is 0 Å². The molecular formula is C19H17BrN2O. The van der Waals surface area contributed by atoms with E-state index in [-0.39, 0.29) is 11.8 Å². The maximum absolute atomic E-state index is 13.1. The minimum atomic E-state index is -0.0467. The van der Waals surface area contributed by atoms with Gasteiger partial charge >= 0.3 is 0 Å². The van der Waals surface area contributed by atoms with E-state index >= 15 is 0 Å². The lowest BCUT2D eigenvalue weighted by molar-refractivity contribution is -0.120. The molecule has 1 aliphatic heterocycles. The van der Waals surface area contributed by atoms with Crippen molar-refractivity contribution in [1.82, 2.24) is 0 Å². The quantitative estimate of drug-likeness (QED) is 0.744. The molecule has 0 unspecified atom stereocenters. The summed E-state index contributed by atoms with van der Waals surface area (Å²) in [4.78, 5) is 19.8. The SMILES string of the molecule is O=C1[C@H]2CCCC2=Nc2ccccc2N1Cc1cccc(Br)c1. The van der Waals surface area contributed by atoms with E-state index in [1.54, 1.807) is 0 Å². The summed E-state index contributed by atoms with van der Waals surface area (Å²) in [6, 6.07) is 16.1. The summed E-state index contributed by atoms with van der Waals surface area (Å²) in [5, 5.41) is 0. The first-order chi connectivity index (χ1) is 11.2. The van der Waals surface area contributed by atoms with Crippen LogP contribution in [-0.4, -0.2) is 11.6 Å². The van der Waals surface area contributed by atoms with Crippen molar-refractivity contribution in [2.45, 2.75) is 25.8 Å². The molecule has 1 atom stereocenters. The Morgan fingerprint density at radius 2 is 2.04 bits per heavy atom. The number of anilines is 1. The molecule has 2 aromatic carbocycles. The smallest absolute Gasteiger partial charge is 0.236 e. The first kappa shape index (κ1) is 14.6. The largest absolute Gasteiger partial charge is 0.305 e. The fourth-order valence-electron chi connectivity index (χ4n) is 3.46.